The monoisotopic (exact) mass is 855 g/mol. The number of piperazine rings is 1. The minimum atomic E-state index is -2.56. The number of carbonyl (C=O) groups excluding carboxylic acids is 4. The lowest BCUT2D eigenvalue weighted by atomic mass is 10.0. The number of nitrogens with zero attached hydrogens (tertiary/aromatic N) is 5. The largest absolute Gasteiger partial charge is 0.494 e. The molecule has 3 aliphatic rings. The lowest BCUT2D eigenvalue weighted by Crippen LogP contribution is -2.52. The summed E-state index contributed by atoms with van der Waals surface area (Å²) in [6, 6.07) is 18.2. The Labute approximate surface area is 355 Å². The molecule has 4 heterocycles. The predicted octanol–water partition coefficient (Wildman–Crippen LogP) is 6.35. The molecule has 3 aromatic carbocycles. The summed E-state index contributed by atoms with van der Waals surface area (Å²) in [5, 5.41) is 13.3. The predicted molar refractivity (Wildman–Crippen MR) is 235 cm³/mol. The summed E-state index contributed by atoms with van der Waals surface area (Å²) < 4.78 is 18.6. The Balaban J connectivity index is 0.833. The topological polar surface area (TPSA) is 178 Å². The van der Waals surface area contributed by atoms with Gasteiger partial charge in [0.2, 0.25) is 23.7 Å². The Morgan fingerprint density at radius 3 is 2.47 bits per heavy atom. The van der Waals surface area contributed by atoms with Crippen molar-refractivity contribution in [1.29, 1.82) is 0 Å². The number of imide groups is 1. The van der Waals surface area contributed by atoms with Crippen LogP contribution in [0.1, 0.15) is 60.9 Å². The van der Waals surface area contributed by atoms with E-state index in [1.807, 2.05) is 59.5 Å². The Bertz CT molecular complexity index is 2310. The van der Waals surface area contributed by atoms with E-state index in [-0.39, 0.29) is 24.1 Å². The molecule has 4 amide bonds. The molecule has 60 heavy (non-hydrogen) atoms. The van der Waals surface area contributed by atoms with Crippen LogP contribution in [0, 0.1) is 0 Å². The van der Waals surface area contributed by atoms with Crippen LogP contribution in [0.5, 0.6) is 5.75 Å². The lowest BCUT2D eigenvalue weighted by molar-refractivity contribution is -0.137. The van der Waals surface area contributed by atoms with Crippen LogP contribution < -0.4 is 36.2 Å². The Morgan fingerprint density at radius 2 is 1.70 bits per heavy atom. The van der Waals surface area contributed by atoms with Gasteiger partial charge in [-0.1, -0.05) is 42.6 Å². The first-order chi connectivity index (χ1) is 28.9. The molecule has 4 N–H and O–H groups in total. The maximum Gasteiger partial charge on any atom is 0.255 e. The molecular formula is C43H51ClN9O6P. The fraction of sp³-hybridized carbons (Fsp3) is 0.395. The second kappa shape index (κ2) is 18.7. The molecule has 2 saturated heterocycles. The van der Waals surface area contributed by atoms with Gasteiger partial charge in [0, 0.05) is 86.0 Å². The van der Waals surface area contributed by atoms with Crippen molar-refractivity contribution in [1.82, 2.24) is 25.1 Å². The zero-order chi connectivity index (χ0) is 42.4. The maximum absolute atomic E-state index is 13.1. The standard InChI is InChI=1S/C43H51ClN9O6P/c1-59-36-25-28(16-17-33(36)48-43-46-26-31(44)40(50-43)47-34-12-7-8-14-37(34)60(2,3)58)51-21-23-52(24-22-51)39(55)15-6-4-5-9-20-45-32-13-10-11-29-30(32)27-53(42(29)57)35-18-19-38(54)49-41(35)56/h7-8,10-14,16-17,25-26,35,45H,4-6,9,15,18-24,27H2,1-3H3,(H,49,54,56)(H2,46,47,48,50). The van der Waals surface area contributed by atoms with Crippen molar-refractivity contribution in [3.05, 3.63) is 83.0 Å². The number of para-hydroxylation sites is 1. The molecule has 3 aliphatic heterocycles. The molecule has 7 rings (SSSR count). The number of nitrogens with one attached hydrogen (secondary N) is 4. The Morgan fingerprint density at radius 1 is 0.933 bits per heavy atom. The first kappa shape index (κ1) is 42.5. The molecule has 17 heteroatoms. The number of ether oxygens (including phenoxy) is 1. The highest BCUT2D eigenvalue weighted by molar-refractivity contribution is 7.70. The number of carbonyl (C=O) groups is 4. The van der Waals surface area contributed by atoms with Gasteiger partial charge in [-0.25, -0.2) is 4.98 Å². The summed E-state index contributed by atoms with van der Waals surface area (Å²) in [4.78, 5) is 65.0. The fourth-order valence-electron chi connectivity index (χ4n) is 7.89. The van der Waals surface area contributed by atoms with Gasteiger partial charge in [0.05, 0.1) is 24.7 Å². The van der Waals surface area contributed by atoms with E-state index in [0.717, 1.165) is 49.2 Å². The Kier molecular flexibility index (Phi) is 13.3. The Hall–Kier alpha value is -5.66. The van der Waals surface area contributed by atoms with Crippen LogP contribution >= 0.6 is 18.7 Å². The van der Waals surface area contributed by atoms with Crippen molar-refractivity contribution in [3.8, 4) is 5.75 Å². The fourth-order valence-corrected chi connectivity index (χ4v) is 9.19. The number of unbranched alkanes of at least 4 members (excludes halogenated alkanes) is 3. The molecule has 0 bridgehead atoms. The molecule has 0 radical (unpaired) electrons. The maximum atomic E-state index is 13.1. The van der Waals surface area contributed by atoms with E-state index in [1.165, 1.54) is 6.20 Å². The summed E-state index contributed by atoms with van der Waals surface area (Å²) in [5.41, 5.74) is 4.68. The van der Waals surface area contributed by atoms with Crippen LogP contribution in [-0.2, 0) is 25.5 Å². The second-order valence-electron chi connectivity index (χ2n) is 15.6. The zero-order valence-electron chi connectivity index (χ0n) is 34.1. The number of fused-ring (bicyclic) bond motifs is 1. The van der Waals surface area contributed by atoms with Gasteiger partial charge in [-0.3, -0.25) is 24.5 Å². The number of amides is 4. The smallest absolute Gasteiger partial charge is 0.255 e. The van der Waals surface area contributed by atoms with Crippen LogP contribution in [0.4, 0.5) is 34.5 Å². The van der Waals surface area contributed by atoms with Crippen molar-refractivity contribution in [2.75, 3.05) is 74.0 Å². The van der Waals surface area contributed by atoms with E-state index in [2.05, 4.69) is 36.1 Å². The van der Waals surface area contributed by atoms with Gasteiger partial charge < -0.3 is 40.0 Å². The lowest BCUT2D eigenvalue weighted by Gasteiger charge is -2.36. The number of anilines is 6. The molecule has 15 nitrogen and oxygen atoms in total. The van der Waals surface area contributed by atoms with Gasteiger partial charge in [-0.15, -0.1) is 0 Å². The van der Waals surface area contributed by atoms with E-state index in [9.17, 15) is 23.7 Å². The average Bonchev–Trinajstić information content (AvgIpc) is 3.57. The summed E-state index contributed by atoms with van der Waals surface area (Å²) in [5.74, 6) is 0.568. The number of hydrogen-bond acceptors (Lipinski definition) is 12. The van der Waals surface area contributed by atoms with Crippen LogP contribution in [0.25, 0.3) is 0 Å². The summed E-state index contributed by atoms with van der Waals surface area (Å²) in [7, 11) is -0.955. The molecule has 4 aromatic rings. The third kappa shape index (κ3) is 9.85. The second-order valence-corrected chi connectivity index (χ2v) is 19.2. The van der Waals surface area contributed by atoms with E-state index in [4.69, 9.17) is 16.3 Å². The number of rotatable bonds is 16. The highest BCUT2D eigenvalue weighted by Crippen LogP contribution is 2.39. The summed E-state index contributed by atoms with van der Waals surface area (Å²) in [6.07, 6.45) is 6.23. The van der Waals surface area contributed by atoms with Crippen molar-refractivity contribution >= 4 is 82.2 Å². The van der Waals surface area contributed by atoms with E-state index in [1.54, 1.807) is 31.4 Å². The third-order valence-corrected chi connectivity index (χ3v) is 13.0. The normalized spacial score (nSPS) is 16.7. The molecule has 0 spiro atoms. The molecule has 316 valence electrons. The van der Waals surface area contributed by atoms with E-state index < -0.39 is 19.1 Å². The minimum absolute atomic E-state index is 0.175. The van der Waals surface area contributed by atoms with Gasteiger partial charge in [0.1, 0.15) is 24.0 Å². The summed E-state index contributed by atoms with van der Waals surface area (Å²) >= 11 is 6.46. The SMILES string of the molecule is COc1cc(N2CCN(C(=O)CCCCCCNc3cccc4c3CN(C3CCC(=O)NC3=O)C4=O)CC2)ccc1Nc1ncc(Cl)c(Nc2ccccc2P(C)(C)=O)n1. The number of benzene rings is 3. The van der Waals surface area contributed by atoms with Crippen molar-refractivity contribution in [3.63, 3.8) is 0 Å². The molecule has 1 aromatic heterocycles. The van der Waals surface area contributed by atoms with Gasteiger partial charge in [0.25, 0.3) is 5.91 Å². The van der Waals surface area contributed by atoms with E-state index >= 15 is 0 Å². The zero-order valence-corrected chi connectivity index (χ0v) is 35.8. The number of halogens is 1. The number of hydrogen-bond donors (Lipinski definition) is 4. The molecule has 2 fully saturated rings. The molecule has 0 aliphatic carbocycles. The number of aromatic nitrogens is 2. The van der Waals surface area contributed by atoms with E-state index in [0.29, 0.717) is 90.3 Å². The minimum Gasteiger partial charge on any atom is -0.494 e. The summed E-state index contributed by atoms with van der Waals surface area (Å²) in [6.45, 7) is 7.18. The molecule has 0 saturated carbocycles. The van der Waals surface area contributed by atoms with Crippen molar-refractivity contribution in [2.24, 2.45) is 0 Å². The quantitative estimate of drug-likeness (QED) is 0.0559. The number of methoxy groups -OCH3 is 1. The highest BCUT2D eigenvalue weighted by atomic mass is 35.5. The molecule has 1 atom stereocenters. The molecule has 1 unspecified atom stereocenters. The van der Waals surface area contributed by atoms with Gasteiger partial charge in [-0.2, -0.15) is 4.98 Å². The van der Waals surface area contributed by atoms with Gasteiger partial charge >= 0.3 is 0 Å². The first-order valence-corrected chi connectivity index (χ1v) is 23.3. The van der Waals surface area contributed by atoms with Crippen molar-refractivity contribution in [2.45, 2.75) is 57.5 Å². The van der Waals surface area contributed by atoms with Crippen molar-refractivity contribution < 1.29 is 28.5 Å². The average molecular weight is 856 g/mol. The third-order valence-electron chi connectivity index (χ3n) is 11.1. The van der Waals surface area contributed by atoms with Gasteiger partial charge in [-0.05, 0) is 69.0 Å². The number of piperidine rings is 1. The highest BCUT2D eigenvalue weighted by Gasteiger charge is 2.39. The van der Waals surface area contributed by atoms with Crippen LogP contribution in [0.2, 0.25) is 5.02 Å². The first-order valence-electron chi connectivity index (χ1n) is 20.3. The molecular weight excluding hydrogens is 805 g/mol. The van der Waals surface area contributed by atoms with Crippen LogP contribution in [0.15, 0.2) is 66.9 Å². The van der Waals surface area contributed by atoms with Crippen LogP contribution in [-0.4, -0.2) is 103 Å². The van der Waals surface area contributed by atoms with Crippen LogP contribution in [0.3, 0.4) is 0 Å². The van der Waals surface area contributed by atoms with Gasteiger partial charge in [0.15, 0.2) is 5.82 Å².